The molecule has 5 rings (SSSR count). The van der Waals surface area contributed by atoms with Gasteiger partial charge in [0, 0.05) is 5.69 Å². The van der Waals surface area contributed by atoms with Crippen molar-refractivity contribution in [3.63, 3.8) is 0 Å². The van der Waals surface area contributed by atoms with E-state index in [1.165, 1.54) is 24.3 Å². The molecule has 0 radical (unpaired) electrons. The molecule has 2 N–H and O–H groups in total. The fraction of sp³-hybridized carbons (Fsp3) is 0.115. The van der Waals surface area contributed by atoms with Gasteiger partial charge in [0.05, 0.1) is 18.0 Å². The molecule has 0 amide bonds. The molecule has 0 saturated carbocycles. The highest BCUT2D eigenvalue weighted by molar-refractivity contribution is 7.85. The summed E-state index contributed by atoms with van der Waals surface area (Å²) < 4.78 is 34.8. The van der Waals surface area contributed by atoms with Crippen LogP contribution in [0.4, 0.5) is 11.6 Å². The van der Waals surface area contributed by atoms with Crippen LogP contribution in [0, 0.1) is 0 Å². The lowest BCUT2D eigenvalue weighted by atomic mass is 10.2. The highest BCUT2D eigenvalue weighted by Gasteiger charge is 2.21. The summed E-state index contributed by atoms with van der Waals surface area (Å²) in [5.41, 5.74) is 3.11. The second kappa shape index (κ2) is 11.0. The number of fused-ring (bicyclic) bond motifs is 1. The van der Waals surface area contributed by atoms with Crippen LogP contribution in [0.3, 0.4) is 0 Å². The SMILES string of the molecule is CC[n+]1cn(Cc2ccccc2)c2c(=O)[nH]c(Nc3ccccc3)nc21.O=S(=O)([O-])c1ccccc1. The number of aromatic nitrogens is 4. The quantitative estimate of drug-likeness (QED) is 0.270. The number of anilines is 2. The first kappa shape index (κ1) is 24.8. The van der Waals surface area contributed by atoms with E-state index in [-0.39, 0.29) is 10.5 Å². The number of hydrogen-bond acceptors (Lipinski definition) is 6. The van der Waals surface area contributed by atoms with E-state index in [1.807, 2.05) is 70.9 Å². The third-order valence-corrected chi connectivity index (χ3v) is 6.17. The first-order valence-electron chi connectivity index (χ1n) is 11.2. The van der Waals surface area contributed by atoms with E-state index < -0.39 is 10.1 Å². The summed E-state index contributed by atoms with van der Waals surface area (Å²) in [5.74, 6) is 0.438. The zero-order chi connectivity index (χ0) is 25.5. The summed E-state index contributed by atoms with van der Waals surface area (Å²) in [6, 6.07) is 26.9. The molecule has 0 atom stereocenters. The van der Waals surface area contributed by atoms with E-state index in [2.05, 4.69) is 27.4 Å². The van der Waals surface area contributed by atoms with E-state index in [0.717, 1.165) is 17.8 Å². The Morgan fingerprint density at radius 1 is 0.944 bits per heavy atom. The van der Waals surface area contributed by atoms with Gasteiger partial charge in [0.15, 0.2) is 6.33 Å². The summed E-state index contributed by atoms with van der Waals surface area (Å²) in [5, 5.41) is 3.16. The average molecular weight is 504 g/mol. The maximum atomic E-state index is 12.8. The minimum atomic E-state index is -4.25. The van der Waals surface area contributed by atoms with Gasteiger partial charge < -0.3 is 9.87 Å². The molecular weight excluding hydrogens is 478 g/mol. The number of aryl methyl sites for hydroxylation is 1. The molecule has 2 aromatic heterocycles. The van der Waals surface area contributed by atoms with Gasteiger partial charge in [-0.2, -0.15) is 0 Å². The van der Waals surface area contributed by atoms with Gasteiger partial charge in [-0.25, -0.2) is 13.0 Å². The lowest BCUT2D eigenvalue weighted by Gasteiger charge is -2.04. The third kappa shape index (κ3) is 6.04. The fourth-order valence-electron chi connectivity index (χ4n) is 3.63. The largest absolute Gasteiger partial charge is 0.744 e. The predicted molar refractivity (Wildman–Crippen MR) is 136 cm³/mol. The van der Waals surface area contributed by atoms with Crippen LogP contribution in [0.1, 0.15) is 12.5 Å². The number of para-hydroxylation sites is 1. The Balaban J connectivity index is 0.000000256. The molecule has 3 aromatic carbocycles. The first-order chi connectivity index (χ1) is 17.3. The second-order valence-electron chi connectivity index (χ2n) is 7.86. The summed E-state index contributed by atoms with van der Waals surface area (Å²) in [7, 11) is -4.25. The van der Waals surface area contributed by atoms with E-state index in [9.17, 15) is 17.8 Å². The Kier molecular flexibility index (Phi) is 7.57. The van der Waals surface area contributed by atoms with Crippen molar-refractivity contribution in [2.24, 2.45) is 0 Å². The van der Waals surface area contributed by atoms with Crippen molar-refractivity contribution in [2.75, 3.05) is 5.32 Å². The molecule has 0 unspecified atom stereocenters. The molecule has 0 saturated heterocycles. The maximum Gasteiger partial charge on any atom is 0.311 e. The molecule has 0 spiro atoms. The fourth-order valence-corrected chi connectivity index (χ4v) is 4.12. The van der Waals surface area contributed by atoms with Gasteiger partial charge in [-0.05, 0) is 36.8 Å². The van der Waals surface area contributed by atoms with Crippen LogP contribution in [0.15, 0.2) is 107 Å². The van der Waals surface area contributed by atoms with Crippen molar-refractivity contribution >= 4 is 32.9 Å². The summed E-state index contributed by atoms with van der Waals surface area (Å²) in [6.07, 6.45) is 1.95. The predicted octanol–water partition coefficient (Wildman–Crippen LogP) is 3.41. The van der Waals surface area contributed by atoms with Crippen molar-refractivity contribution in [1.82, 2.24) is 14.5 Å². The normalized spacial score (nSPS) is 11.1. The second-order valence-corrected chi connectivity index (χ2v) is 9.24. The third-order valence-electron chi connectivity index (χ3n) is 5.32. The van der Waals surface area contributed by atoms with Gasteiger partial charge in [-0.3, -0.25) is 14.3 Å². The molecule has 5 aromatic rings. The summed E-state index contributed by atoms with van der Waals surface area (Å²) in [4.78, 5) is 20.1. The van der Waals surface area contributed by atoms with Crippen LogP contribution < -0.4 is 15.4 Å². The molecule has 10 heteroatoms. The number of nitrogens with zero attached hydrogens (tertiary/aromatic N) is 3. The smallest absolute Gasteiger partial charge is 0.311 e. The van der Waals surface area contributed by atoms with E-state index in [4.69, 9.17) is 0 Å². The summed E-state index contributed by atoms with van der Waals surface area (Å²) in [6.45, 7) is 3.40. The highest BCUT2D eigenvalue weighted by atomic mass is 32.2. The van der Waals surface area contributed by atoms with Gasteiger partial charge in [0.2, 0.25) is 5.52 Å². The van der Waals surface area contributed by atoms with Gasteiger partial charge in [0.25, 0.3) is 11.5 Å². The molecule has 184 valence electrons. The lowest BCUT2D eigenvalue weighted by molar-refractivity contribution is -0.670. The Morgan fingerprint density at radius 2 is 1.53 bits per heavy atom. The molecule has 9 nitrogen and oxygen atoms in total. The van der Waals surface area contributed by atoms with E-state index in [0.29, 0.717) is 23.7 Å². The standard InChI is InChI=1S/C20H19N5O.C6H6O3S/c1-2-24-14-25(13-15-9-5-3-6-10-15)17-18(24)22-20(23-19(17)26)21-16-11-7-4-8-12-16;7-10(8,9)6-4-2-1-3-5-6/h3-12,14H,2,13H2,1H3,(H-,21,22,23,26);1-5H,(H,7,8,9). The molecule has 0 aliphatic rings. The Labute approximate surface area is 208 Å². The molecule has 0 fully saturated rings. The number of H-pyrrole nitrogens is 1. The average Bonchev–Trinajstić information content (AvgIpc) is 3.23. The van der Waals surface area contributed by atoms with E-state index >= 15 is 0 Å². The monoisotopic (exact) mass is 503 g/mol. The van der Waals surface area contributed by atoms with Crippen molar-refractivity contribution in [2.45, 2.75) is 24.9 Å². The van der Waals surface area contributed by atoms with Crippen LogP contribution in [0.25, 0.3) is 11.2 Å². The topological polar surface area (TPSA) is 124 Å². The molecule has 36 heavy (non-hydrogen) atoms. The molecule has 0 aliphatic carbocycles. The van der Waals surface area contributed by atoms with Crippen LogP contribution >= 0.6 is 0 Å². The van der Waals surface area contributed by atoms with Crippen molar-refractivity contribution in [1.29, 1.82) is 0 Å². The highest BCUT2D eigenvalue weighted by Crippen LogP contribution is 2.14. The number of imidazole rings is 1. The maximum absolute atomic E-state index is 12.8. The zero-order valence-electron chi connectivity index (χ0n) is 19.5. The minimum Gasteiger partial charge on any atom is -0.744 e. The lowest BCUT2D eigenvalue weighted by Crippen LogP contribution is -2.32. The Bertz CT molecular complexity index is 1600. The number of aromatic amines is 1. The number of nitrogens with one attached hydrogen (secondary N) is 2. The zero-order valence-corrected chi connectivity index (χ0v) is 20.4. The van der Waals surface area contributed by atoms with Crippen LogP contribution in [0.2, 0.25) is 0 Å². The van der Waals surface area contributed by atoms with Crippen molar-refractivity contribution in [3.05, 3.63) is 113 Å². The molecule has 0 aliphatic heterocycles. The summed E-state index contributed by atoms with van der Waals surface area (Å²) >= 11 is 0. The van der Waals surface area contributed by atoms with Crippen molar-refractivity contribution in [3.8, 4) is 0 Å². The van der Waals surface area contributed by atoms with Crippen LogP contribution in [0.5, 0.6) is 0 Å². The number of hydrogen-bond donors (Lipinski definition) is 2. The molecule has 2 heterocycles. The van der Waals surface area contributed by atoms with Crippen LogP contribution in [-0.2, 0) is 23.2 Å². The van der Waals surface area contributed by atoms with Gasteiger partial charge in [0.1, 0.15) is 10.1 Å². The minimum absolute atomic E-state index is 0.156. The van der Waals surface area contributed by atoms with Gasteiger partial charge >= 0.3 is 5.65 Å². The number of rotatable bonds is 6. The van der Waals surface area contributed by atoms with E-state index in [1.54, 1.807) is 6.07 Å². The number of benzene rings is 3. The van der Waals surface area contributed by atoms with Crippen molar-refractivity contribution < 1.29 is 17.5 Å². The van der Waals surface area contributed by atoms with Crippen LogP contribution in [-0.4, -0.2) is 27.5 Å². The first-order valence-corrected chi connectivity index (χ1v) is 12.7. The Hall–Kier alpha value is -4.28. The van der Waals surface area contributed by atoms with Gasteiger partial charge in [-0.1, -0.05) is 71.7 Å². The Morgan fingerprint density at radius 3 is 2.08 bits per heavy atom. The van der Waals surface area contributed by atoms with Gasteiger partial charge in [-0.15, -0.1) is 0 Å². The molecule has 0 bridgehead atoms. The molecular formula is C26H25N5O4S.